The van der Waals surface area contributed by atoms with Crippen LogP contribution in [0, 0.1) is 11.8 Å². The van der Waals surface area contributed by atoms with Crippen molar-refractivity contribution in [1.82, 2.24) is 15.3 Å². The lowest BCUT2D eigenvalue weighted by Crippen LogP contribution is -2.45. The number of piperidine rings is 1. The summed E-state index contributed by atoms with van der Waals surface area (Å²) in [5, 5.41) is 3.32. The normalized spacial score (nSPS) is 18.1. The second-order valence-electron chi connectivity index (χ2n) is 8.06. The molecule has 0 unspecified atom stereocenters. The van der Waals surface area contributed by atoms with Crippen molar-refractivity contribution in [2.75, 3.05) is 18.0 Å². The van der Waals surface area contributed by atoms with Gasteiger partial charge in [-0.2, -0.15) is 0 Å². The zero-order valence-electron chi connectivity index (χ0n) is 17.3. The smallest absolute Gasteiger partial charge is 0.225 e. The second kappa shape index (κ2) is 9.67. The third-order valence-corrected chi connectivity index (χ3v) is 5.47. The van der Waals surface area contributed by atoms with Crippen molar-refractivity contribution in [1.29, 1.82) is 0 Å². The molecule has 1 aromatic heterocycles. The molecule has 5 heteroatoms. The van der Waals surface area contributed by atoms with Crippen LogP contribution in [-0.2, 0) is 11.2 Å². The molecule has 0 radical (unpaired) electrons. The first-order chi connectivity index (χ1) is 13.6. The molecule has 150 valence electrons. The van der Waals surface area contributed by atoms with Crippen LogP contribution in [0.4, 0.5) is 5.95 Å². The van der Waals surface area contributed by atoms with E-state index in [0.29, 0.717) is 18.4 Å². The summed E-state index contributed by atoms with van der Waals surface area (Å²) in [6.07, 6.45) is 7.64. The topological polar surface area (TPSA) is 58.1 Å². The predicted octanol–water partition coefficient (Wildman–Crippen LogP) is 4.16. The fourth-order valence-electron chi connectivity index (χ4n) is 3.91. The zero-order chi connectivity index (χ0) is 19.9. The highest BCUT2D eigenvalue weighted by Gasteiger charge is 2.29. The van der Waals surface area contributed by atoms with Gasteiger partial charge < -0.3 is 10.2 Å². The predicted molar refractivity (Wildman–Crippen MR) is 113 cm³/mol. The maximum absolute atomic E-state index is 13.1. The standard InChI is InChI=1S/C23H32N4O/c1-4-7-18-9-11-19(12-10-18)21(17(2)3)26-22(28)20-8-5-15-27(16-20)23-24-13-6-14-25-23/h6,9-14,17,20-21H,4-5,7-8,15-16H2,1-3H3,(H,26,28)/t20-,21-/m1/s1. The van der Waals surface area contributed by atoms with Crippen LogP contribution in [0.2, 0.25) is 0 Å². The molecule has 1 N–H and O–H groups in total. The van der Waals surface area contributed by atoms with Gasteiger partial charge in [0.25, 0.3) is 0 Å². The molecule has 1 amide bonds. The van der Waals surface area contributed by atoms with Crippen molar-refractivity contribution in [3.63, 3.8) is 0 Å². The van der Waals surface area contributed by atoms with Crippen molar-refractivity contribution in [3.05, 3.63) is 53.9 Å². The van der Waals surface area contributed by atoms with Gasteiger partial charge in [0, 0.05) is 25.5 Å². The minimum atomic E-state index is -0.0295. The Morgan fingerprint density at radius 3 is 2.57 bits per heavy atom. The van der Waals surface area contributed by atoms with E-state index >= 15 is 0 Å². The first kappa shape index (κ1) is 20.3. The number of hydrogen-bond acceptors (Lipinski definition) is 4. The average molecular weight is 381 g/mol. The lowest BCUT2D eigenvalue weighted by Gasteiger charge is -2.33. The molecule has 2 heterocycles. The van der Waals surface area contributed by atoms with E-state index in [1.54, 1.807) is 12.4 Å². The van der Waals surface area contributed by atoms with E-state index in [1.807, 2.05) is 6.07 Å². The van der Waals surface area contributed by atoms with Gasteiger partial charge >= 0.3 is 0 Å². The Balaban J connectivity index is 1.66. The van der Waals surface area contributed by atoms with Gasteiger partial charge in [0.1, 0.15) is 0 Å². The second-order valence-corrected chi connectivity index (χ2v) is 8.06. The van der Waals surface area contributed by atoms with Crippen LogP contribution >= 0.6 is 0 Å². The van der Waals surface area contributed by atoms with Crippen molar-refractivity contribution < 1.29 is 4.79 Å². The van der Waals surface area contributed by atoms with Gasteiger partial charge in [-0.3, -0.25) is 4.79 Å². The van der Waals surface area contributed by atoms with Crippen LogP contribution < -0.4 is 10.2 Å². The molecule has 28 heavy (non-hydrogen) atoms. The highest BCUT2D eigenvalue weighted by atomic mass is 16.2. The van der Waals surface area contributed by atoms with Crippen LogP contribution in [0.3, 0.4) is 0 Å². The van der Waals surface area contributed by atoms with Crippen LogP contribution in [-0.4, -0.2) is 29.0 Å². The van der Waals surface area contributed by atoms with E-state index < -0.39 is 0 Å². The third-order valence-electron chi connectivity index (χ3n) is 5.47. The van der Waals surface area contributed by atoms with E-state index in [9.17, 15) is 4.79 Å². The molecular formula is C23H32N4O. The summed E-state index contributed by atoms with van der Waals surface area (Å²) in [6.45, 7) is 8.10. The molecule has 0 saturated carbocycles. The van der Waals surface area contributed by atoms with Crippen molar-refractivity contribution in [2.24, 2.45) is 11.8 Å². The quantitative estimate of drug-likeness (QED) is 0.784. The molecule has 1 saturated heterocycles. The summed E-state index contributed by atoms with van der Waals surface area (Å²) >= 11 is 0. The van der Waals surface area contributed by atoms with Gasteiger partial charge in [-0.05, 0) is 42.4 Å². The van der Waals surface area contributed by atoms with Crippen LogP contribution in [0.5, 0.6) is 0 Å². The monoisotopic (exact) mass is 380 g/mol. The number of anilines is 1. The van der Waals surface area contributed by atoms with Crippen molar-refractivity contribution in [3.8, 4) is 0 Å². The molecular weight excluding hydrogens is 348 g/mol. The Bertz CT molecular complexity index is 745. The summed E-state index contributed by atoms with van der Waals surface area (Å²) in [7, 11) is 0. The molecule has 2 aromatic rings. The molecule has 0 spiro atoms. The number of carbonyl (C=O) groups excluding carboxylic acids is 1. The van der Waals surface area contributed by atoms with E-state index in [2.05, 4.69) is 65.2 Å². The molecule has 5 nitrogen and oxygen atoms in total. The van der Waals surface area contributed by atoms with Gasteiger partial charge in [0.05, 0.1) is 12.0 Å². The molecule has 1 aliphatic rings. The maximum Gasteiger partial charge on any atom is 0.225 e. The number of hydrogen-bond donors (Lipinski definition) is 1. The highest BCUT2D eigenvalue weighted by Crippen LogP contribution is 2.25. The Hall–Kier alpha value is -2.43. The Labute approximate surface area is 168 Å². The number of nitrogens with zero attached hydrogens (tertiary/aromatic N) is 3. The Morgan fingerprint density at radius 1 is 1.21 bits per heavy atom. The maximum atomic E-state index is 13.1. The fraction of sp³-hybridized carbons (Fsp3) is 0.522. The van der Waals surface area contributed by atoms with E-state index in [4.69, 9.17) is 0 Å². The van der Waals surface area contributed by atoms with Gasteiger partial charge in [0.15, 0.2) is 0 Å². The number of rotatable bonds is 7. The van der Waals surface area contributed by atoms with Crippen molar-refractivity contribution >= 4 is 11.9 Å². The summed E-state index contributed by atoms with van der Waals surface area (Å²) in [5.41, 5.74) is 2.54. The number of benzene rings is 1. The zero-order valence-corrected chi connectivity index (χ0v) is 17.3. The molecule has 1 fully saturated rings. The first-order valence-corrected chi connectivity index (χ1v) is 10.5. The van der Waals surface area contributed by atoms with Gasteiger partial charge in [-0.15, -0.1) is 0 Å². The highest BCUT2D eigenvalue weighted by molar-refractivity contribution is 5.80. The SMILES string of the molecule is CCCc1ccc([C@H](NC(=O)[C@@H]2CCCN(c3ncccn3)C2)C(C)C)cc1. The molecule has 0 aliphatic carbocycles. The minimum absolute atomic E-state index is 0.0295. The summed E-state index contributed by atoms with van der Waals surface area (Å²) < 4.78 is 0. The lowest BCUT2D eigenvalue weighted by molar-refractivity contribution is -0.126. The summed E-state index contributed by atoms with van der Waals surface area (Å²) in [5.74, 6) is 1.15. The van der Waals surface area contributed by atoms with E-state index in [0.717, 1.165) is 32.2 Å². The Kier molecular flexibility index (Phi) is 7.01. The number of carbonyl (C=O) groups is 1. The van der Waals surface area contributed by atoms with Crippen LogP contribution in [0.15, 0.2) is 42.7 Å². The van der Waals surface area contributed by atoms with Crippen LogP contribution in [0.1, 0.15) is 57.2 Å². The average Bonchev–Trinajstić information content (AvgIpc) is 2.73. The van der Waals surface area contributed by atoms with Crippen LogP contribution in [0.25, 0.3) is 0 Å². The summed E-state index contributed by atoms with van der Waals surface area (Å²) in [4.78, 5) is 23.9. The van der Waals surface area contributed by atoms with E-state index in [-0.39, 0.29) is 17.9 Å². The lowest BCUT2D eigenvalue weighted by atomic mass is 9.92. The molecule has 1 aliphatic heterocycles. The first-order valence-electron chi connectivity index (χ1n) is 10.5. The summed E-state index contributed by atoms with van der Waals surface area (Å²) in [6, 6.07) is 10.6. The van der Waals surface area contributed by atoms with E-state index in [1.165, 1.54) is 11.1 Å². The van der Waals surface area contributed by atoms with Gasteiger partial charge in [-0.25, -0.2) is 9.97 Å². The third kappa shape index (κ3) is 5.09. The van der Waals surface area contributed by atoms with Crippen molar-refractivity contribution in [2.45, 2.75) is 52.5 Å². The molecule has 0 bridgehead atoms. The van der Waals surface area contributed by atoms with Gasteiger partial charge in [0.2, 0.25) is 11.9 Å². The molecule has 1 aromatic carbocycles. The Morgan fingerprint density at radius 2 is 1.93 bits per heavy atom. The molecule has 3 rings (SSSR count). The minimum Gasteiger partial charge on any atom is -0.349 e. The number of aryl methyl sites for hydroxylation is 1. The molecule has 2 atom stereocenters. The largest absolute Gasteiger partial charge is 0.349 e. The number of aromatic nitrogens is 2. The number of nitrogens with one attached hydrogen (secondary N) is 1. The number of amides is 1. The fourth-order valence-corrected chi connectivity index (χ4v) is 3.91. The van der Waals surface area contributed by atoms with Gasteiger partial charge in [-0.1, -0.05) is 51.5 Å².